The third kappa shape index (κ3) is 1.90. The second-order valence-corrected chi connectivity index (χ2v) is 7.11. The summed E-state index contributed by atoms with van der Waals surface area (Å²) in [6, 6.07) is 2.47. The fourth-order valence-electron chi connectivity index (χ4n) is 3.54. The number of aliphatic hydroxyl groups is 1. The van der Waals surface area contributed by atoms with E-state index in [1.165, 1.54) is 5.69 Å². The summed E-state index contributed by atoms with van der Waals surface area (Å²) in [5.41, 5.74) is -0.0637. The van der Waals surface area contributed by atoms with Crippen molar-refractivity contribution in [3.8, 4) is 0 Å². The van der Waals surface area contributed by atoms with E-state index >= 15 is 0 Å². The van der Waals surface area contributed by atoms with E-state index in [2.05, 4.69) is 52.3 Å². The van der Waals surface area contributed by atoms with Gasteiger partial charge in [-0.3, -0.25) is 4.68 Å². The van der Waals surface area contributed by atoms with Gasteiger partial charge in [0.25, 0.3) is 0 Å². The third-order valence-electron chi connectivity index (χ3n) is 4.38. The van der Waals surface area contributed by atoms with Gasteiger partial charge in [0, 0.05) is 17.7 Å². The van der Waals surface area contributed by atoms with Crippen molar-refractivity contribution in [2.24, 2.45) is 11.8 Å². The van der Waals surface area contributed by atoms with Crippen LogP contribution in [0, 0.1) is 15.5 Å². The monoisotopic (exact) mass is 364 g/mol. The maximum Gasteiger partial charge on any atom is 0.134 e. The fourth-order valence-corrected chi connectivity index (χ4v) is 4.09. The number of halogens is 2. The minimum Gasteiger partial charge on any atom is -0.393 e. The molecule has 3 rings (SSSR count). The molecule has 2 saturated carbocycles. The number of aliphatic hydroxyl groups excluding tert-OH is 1. The average molecular weight is 364 g/mol. The number of fused-ring (bicyclic) bond motifs is 1. The molecule has 0 saturated heterocycles. The normalized spacial score (nSPS) is 38.2. The summed E-state index contributed by atoms with van der Waals surface area (Å²) < 4.78 is 17.1. The summed E-state index contributed by atoms with van der Waals surface area (Å²) in [6.45, 7) is 3.92. The summed E-state index contributed by atoms with van der Waals surface area (Å²) >= 11 is 2.23. The predicted molar refractivity (Wildman–Crippen MR) is 75.2 cm³/mol. The maximum atomic E-state index is 14.0. The molecule has 0 aliphatic heterocycles. The Labute approximate surface area is 120 Å². The molecule has 2 aliphatic carbocycles. The molecule has 1 unspecified atom stereocenters. The molecule has 4 atom stereocenters. The first kappa shape index (κ1) is 12.8. The zero-order valence-electron chi connectivity index (χ0n) is 10.6. The first-order chi connectivity index (χ1) is 8.45. The lowest BCUT2D eigenvalue weighted by Gasteiger charge is -2.20. The summed E-state index contributed by atoms with van der Waals surface area (Å²) in [5, 5.41) is 13.6. The Kier molecular flexibility index (Phi) is 2.97. The molecule has 0 bridgehead atoms. The van der Waals surface area contributed by atoms with Crippen LogP contribution in [0.15, 0.2) is 6.07 Å². The SMILES string of the molecule is CC(C)n1nc(I)cc1[C@H]1[C@@H]2CC(F)(CO)C[C@@H]21. The molecule has 1 heterocycles. The Balaban J connectivity index is 1.81. The van der Waals surface area contributed by atoms with Gasteiger partial charge in [-0.1, -0.05) is 0 Å². The summed E-state index contributed by atoms with van der Waals surface area (Å²) in [6.07, 6.45) is 1.03. The average Bonchev–Trinajstić information content (AvgIpc) is 2.69. The first-order valence-corrected chi connectivity index (χ1v) is 7.58. The second kappa shape index (κ2) is 4.16. The van der Waals surface area contributed by atoms with Crippen molar-refractivity contribution in [2.45, 2.75) is 44.3 Å². The Hall–Kier alpha value is -0.170. The van der Waals surface area contributed by atoms with E-state index in [4.69, 9.17) is 5.11 Å². The summed E-state index contributed by atoms with van der Waals surface area (Å²) in [4.78, 5) is 0. The molecule has 2 aliphatic rings. The van der Waals surface area contributed by atoms with E-state index in [1.807, 2.05) is 0 Å². The minimum atomic E-state index is -1.32. The van der Waals surface area contributed by atoms with E-state index in [0.717, 1.165) is 3.70 Å². The molecule has 18 heavy (non-hydrogen) atoms. The van der Waals surface area contributed by atoms with E-state index in [-0.39, 0.29) is 6.61 Å². The van der Waals surface area contributed by atoms with Crippen LogP contribution >= 0.6 is 22.6 Å². The van der Waals surface area contributed by atoms with Crippen LogP contribution < -0.4 is 0 Å². The molecular formula is C13H18FIN2O. The maximum absolute atomic E-state index is 14.0. The molecular weight excluding hydrogens is 346 g/mol. The summed E-state index contributed by atoms with van der Waals surface area (Å²) in [5.74, 6) is 1.28. The van der Waals surface area contributed by atoms with E-state index in [0.29, 0.717) is 36.6 Å². The van der Waals surface area contributed by atoms with Crippen molar-refractivity contribution >= 4 is 22.6 Å². The Morgan fingerprint density at radius 2 is 2.17 bits per heavy atom. The van der Waals surface area contributed by atoms with Crippen LogP contribution in [0.25, 0.3) is 0 Å². The van der Waals surface area contributed by atoms with Gasteiger partial charge in [0.05, 0.1) is 6.61 Å². The van der Waals surface area contributed by atoms with Crippen molar-refractivity contribution in [2.75, 3.05) is 6.61 Å². The van der Waals surface area contributed by atoms with Gasteiger partial charge in [-0.15, -0.1) is 0 Å². The number of aromatic nitrogens is 2. The largest absolute Gasteiger partial charge is 0.393 e. The van der Waals surface area contributed by atoms with Crippen molar-refractivity contribution in [3.63, 3.8) is 0 Å². The van der Waals surface area contributed by atoms with E-state index < -0.39 is 5.67 Å². The van der Waals surface area contributed by atoms with Crippen molar-refractivity contribution in [1.29, 1.82) is 0 Å². The Morgan fingerprint density at radius 1 is 1.56 bits per heavy atom. The lowest BCUT2D eigenvalue weighted by Crippen LogP contribution is -2.26. The van der Waals surface area contributed by atoms with Crippen LogP contribution in [0.2, 0.25) is 0 Å². The molecule has 0 spiro atoms. The van der Waals surface area contributed by atoms with Gasteiger partial charge in [0.1, 0.15) is 9.37 Å². The first-order valence-electron chi connectivity index (χ1n) is 6.50. The molecule has 1 aromatic rings. The lowest BCUT2D eigenvalue weighted by atomic mass is 9.96. The Bertz CT molecular complexity index is 462. The molecule has 1 aromatic heterocycles. The van der Waals surface area contributed by atoms with Crippen LogP contribution in [-0.4, -0.2) is 27.2 Å². The van der Waals surface area contributed by atoms with Gasteiger partial charge in [-0.05, 0) is 67.2 Å². The smallest absolute Gasteiger partial charge is 0.134 e. The number of hydrogen-bond donors (Lipinski definition) is 1. The van der Waals surface area contributed by atoms with Gasteiger partial charge in [-0.2, -0.15) is 5.10 Å². The number of rotatable bonds is 3. The minimum absolute atomic E-state index is 0.326. The highest BCUT2D eigenvalue weighted by Crippen LogP contribution is 2.66. The second-order valence-electron chi connectivity index (χ2n) is 6.00. The van der Waals surface area contributed by atoms with Gasteiger partial charge >= 0.3 is 0 Å². The standard InChI is InChI=1S/C13H18FIN2O/c1-7(2)17-10(3-11(15)16-17)12-8-4-13(14,6-18)5-9(8)12/h3,7-9,12,18H,4-6H2,1-2H3/t8-,9+,12+,13?. The molecule has 5 heteroatoms. The third-order valence-corrected chi connectivity index (χ3v) is 4.91. The van der Waals surface area contributed by atoms with Crippen molar-refractivity contribution < 1.29 is 9.50 Å². The molecule has 0 radical (unpaired) electrons. The van der Waals surface area contributed by atoms with Gasteiger partial charge in [0.2, 0.25) is 0 Å². The fraction of sp³-hybridized carbons (Fsp3) is 0.769. The molecule has 0 aromatic carbocycles. The van der Waals surface area contributed by atoms with Crippen molar-refractivity contribution in [1.82, 2.24) is 9.78 Å². The predicted octanol–water partition coefficient (Wildman–Crippen LogP) is 2.89. The molecule has 0 amide bonds. The lowest BCUT2D eigenvalue weighted by molar-refractivity contribution is 0.0636. The highest BCUT2D eigenvalue weighted by atomic mass is 127. The highest BCUT2D eigenvalue weighted by Gasteiger charge is 2.63. The van der Waals surface area contributed by atoms with Gasteiger partial charge < -0.3 is 5.11 Å². The summed E-state index contributed by atoms with van der Waals surface area (Å²) in [7, 11) is 0. The van der Waals surface area contributed by atoms with Gasteiger partial charge in [0.15, 0.2) is 0 Å². The number of alkyl halides is 1. The number of hydrogen-bond acceptors (Lipinski definition) is 2. The quantitative estimate of drug-likeness (QED) is 0.838. The molecule has 100 valence electrons. The number of nitrogens with zero attached hydrogens (tertiary/aromatic N) is 2. The van der Waals surface area contributed by atoms with Crippen LogP contribution in [0.4, 0.5) is 4.39 Å². The molecule has 2 fully saturated rings. The molecule has 1 N–H and O–H groups in total. The van der Waals surface area contributed by atoms with Crippen LogP contribution in [0.5, 0.6) is 0 Å². The van der Waals surface area contributed by atoms with Crippen molar-refractivity contribution in [3.05, 3.63) is 15.5 Å². The zero-order chi connectivity index (χ0) is 13.1. The Morgan fingerprint density at radius 3 is 2.67 bits per heavy atom. The van der Waals surface area contributed by atoms with E-state index in [9.17, 15) is 4.39 Å². The zero-order valence-corrected chi connectivity index (χ0v) is 12.8. The van der Waals surface area contributed by atoms with Crippen LogP contribution in [0.3, 0.4) is 0 Å². The highest BCUT2D eigenvalue weighted by molar-refractivity contribution is 14.1. The van der Waals surface area contributed by atoms with Crippen LogP contribution in [0.1, 0.15) is 44.3 Å². The van der Waals surface area contributed by atoms with E-state index in [1.54, 1.807) is 0 Å². The molecule has 3 nitrogen and oxygen atoms in total. The van der Waals surface area contributed by atoms with Crippen LogP contribution in [-0.2, 0) is 0 Å². The van der Waals surface area contributed by atoms with Gasteiger partial charge in [-0.25, -0.2) is 4.39 Å². The topological polar surface area (TPSA) is 38.0 Å².